The van der Waals surface area contributed by atoms with Crippen LogP contribution in [0.15, 0.2) is 34.3 Å². The topological polar surface area (TPSA) is 58.2 Å². The van der Waals surface area contributed by atoms with Crippen molar-refractivity contribution in [3.63, 3.8) is 0 Å². The molecule has 2 amide bonds. The minimum absolute atomic E-state index is 0.145. The largest absolute Gasteiger partial charge is 0.355 e. The highest BCUT2D eigenvalue weighted by atomic mass is 79.9. The third-order valence-corrected chi connectivity index (χ3v) is 4.81. The molecule has 1 aliphatic rings. The first-order valence-corrected chi connectivity index (χ1v) is 8.84. The van der Waals surface area contributed by atoms with Gasteiger partial charge in [-0.2, -0.15) is 0 Å². The predicted octanol–water partition coefficient (Wildman–Crippen LogP) is 4.09. The van der Waals surface area contributed by atoms with Crippen LogP contribution in [-0.4, -0.2) is 18.4 Å². The van der Waals surface area contributed by atoms with Crippen molar-refractivity contribution in [2.24, 2.45) is 0 Å². The van der Waals surface area contributed by atoms with Crippen molar-refractivity contribution in [2.45, 2.75) is 45.4 Å². The van der Waals surface area contributed by atoms with Crippen LogP contribution >= 0.6 is 15.9 Å². The van der Waals surface area contributed by atoms with Crippen LogP contribution < -0.4 is 10.6 Å². The molecular weight excluding hydrogens is 356 g/mol. The van der Waals surface area contributed by atoms with Gasteiger partial charge in [-0.1, -0.05) is 27.6 Å². The van der Waals surface area contributed by atoms with E-state index in [4.69, 9.17) is 0 Å². The van der Waals surface area contributed by atoms with Crippen molar-refractivity contribution in [3.8, 4) is 0 Å². The Morgan fingerprint density at radius 1 is 1.22 bits per heavy atom. The molecular formula is C18H23BrN2O2. The van der Waals surface area contributed by atoms with Gasteiger partial charge in [-0.25, -0.2) is 0 Å². The number of carbonyl (C=O) groups excluding carboxylic acids is 2. The summed E-state index contributed by atoms with van der Waals surface area (Å²) in [6.45, 7) is 2.56. The van der Waals surface area contributed by atoms with E-state index < -0.39 is 0 Å². The van der Waals surface area contributed by atoms with Gasteiger partial charge in [-0.15, -0.1) is 0 Å². The van der Waals surface area contributed by atoms with Crippen molar-refractivity contribution in [1.29, 1.82) is 0 Å². The Morgan fingerprint density at radius 3 is 2.74 bits per heavy atom. The Kier molecular flexibility index (Phi) is 6.84. The molecule has 5 heteroatoms. The number of nitrogens with one attached hydrogen (secondary N) is 2. The summed E-state index contributed by atoms with van der Waals surface area (Å²) in [7, 11) is 0. The second kappa shape index (κ2) is 8.87. The third-order valence-electron chi connectivity index (χ3n) is 3.92. The summed E-state index contributed by atoms with van der Waals surface area (Å²) in [4.78, 5) is 23.7. The van der Waals surface area contributed by atoms with E-state index in [1.165, 1.54) is 18.4 Å². The van der Waals surface area contributed by atoms with Gasteiger partial charge >= 0.3 is 0 Å². The molecule has 1 aliphatic carbocycles. The monoisotopic (exact) mass is 378 g/mol. The van der Waals surface area contributed by atoms with Gasteiger partial charge in [0, 0.05) is 16.7 Å². The zero-order valence-corrected chi connectivity index (χ0v) is 15.0. The van der Waals surface area contributed by atoms with E-state index in [0.717, 1.165) is 29.3 Å². The van der Waals surface area contributed by atoms with Gasteiger partial charge in [0.25, 0.3) is 0 Å². The van der Waals surface area contributed by atoms with Gasteiger partial charge in [0.05, 0.1) is 0 Å². The predicted molar refractivity (Wildman–Crippen MR) is 96.3 cm³/mol. The molecule has 2 rings (SSSR count). The summed E-state index contributed by atoms with van der Waals surface area (Å²) in [5.41, 5.74) is 3.16. The highest BCUT2D eigenvalue weighted by Crippen LogP contribution is 2.20. The summed E-state index contributed by atoms with van der Waals surface area (Å²) in [5.74, 6) is -0.520. The van der Waals surface area contributed by atoms with Crippen LogP contribution in [-0.2, 0) is 9.59 Å². The van der Waals surface area contributed by atoms with Gasteiger partial charge in [0.15, 0.2) is 0 Å². The average Bonchev–Trinajstić information content (AvgIpc) is 2.52. The SMILES string of the molecule is Cc1cc(NC(=O)CC(=O)NCCC2=CCCCC2)ccc1Br. The van der Waals surface area contributed by atoms with Crippen LogP contribution in [0, 0.1) is 6.92 Å². The maximum Gasteiger partial charge on any atom is 0.233 e. The molecule has 4 nitrogen and oxygen atoms in total. The Balaban J connectivity index is 1.70. The summed E-state index contributed by atoms with van der Waals surface area (Å²) in [5, 5.41) is 5.57. The molecule has 0 aliphatic heterocycles. The highest BCUT2D eigenvalue weighted by Gasteiger charge is 2.10. The number of hydrogen-bond donors (Lipinski definition) is 2. The van der Waals surface area contributed by atoms with E-state index >= 15 is 0 Å². The first-order chi connectivity index (χ1) is 11.0. The number of benzene rings is 1. The van der Waals surface area contributed by atoms with Gasteiger partial charge in [0.1, 0.15) is 6.42 Å². The van der Waals surface area contributed by atoms with E-state index in [1.54, 1.807) is 0 Å². The van der Waals surface area contributed by atoms with E-state index in [0.29, 0.717) is 12.2 Å². The fraction of sp³-hybridized carbons (Fsp3) is 0.444. The lowest BCUT2D eigenvalue weighted by molar-refractivity contribution is -0.126. The van der Waals surface area contributed by atoms with Crippen LogP contribution in [0.1, 0.15) is 44.1 Å². The molecule has 0 radical (unpaired) electrons. The van der Waals surface area contributed by atoms with E-state index in [9.17, 15) is 9.59 Å². The summed E-state index contributed by atoms with van der Waals surface area (Å²) >= 11 is 3.42. The van der Waals surface area contributed by atoms with Crippen molar-refractivity contribution in [1.82, 2.24) is 5.32 Å². The van der Waals surface area contributed by atoms with E-state index in [-0.39, 0.29) is 18.2 Å². The second-order valence-electron chi connectivity index (χ2n) is 5.90. The lowest BCUT2D eigenvalue weighted by atomic mass is 9.97. The molecule has 0 bridgehead atoms. The van der Waals surface area contributed by atoms with E-state index in [1.807, 2.05) is 25.1 Å². The standard InChI is InChI=1S/C18H23BrN2O2/c1-13-11-15(7-8-16(13)19)21-18(23)12-17(22)20-10-9-14-5-3-2-4-6-14/h5,7-8,11H,2-4,6,9-10,12H2,1H3,(H,20,22)(H,21,23). The lowest BCUT2D eigenvalue weighted by Gasteiger charge is -2.13. The molecule has 0 atom stereocenters. The number of aryl methyl sites for hydroxylation is 1. The number of hydrogen-bond acceptors (Lipinski definition) is 2. The first-order valence-electron chi connectivity index (χ1n) is 8.05. The van der Waals surface area contributed by atoms with Gasteiger partial charge in [-0.3, -0.25) is 9.59 Å². The highest BCUT2D eigenvalue weighted by molar-refractivity contribution is 9.10. The number of rotatable bonds is 6. The average molecular weight is 379 g/mol. The normalized spacial score (nSPS) is 14.1. The Labute approximate surface area is 145 Å². The Morgan fingerprint density at radius 2 is 2.04 bits per heavy atom. The molecule has 0 fully saturated rings. The zero-order chi connectivity index (χ0) is 16.7. The fourth-order valence-corrected chi connectivity index (χ4v) is 2.88. The molecule has 23 heavy (non-hydrogen) atoms. The van der Waals surface area contributed by atoms with Crippen LogP contribution in [0.25, 0.3) is 0 Å². The number of anilines is 1. The number of amides is 2. The van der Waals surface area contributed by atoms with Gasteiger partial charge < -0.3 is 10.6 Å². The fourth-order valence-electron chi connectivity index (χ4n) is 2.63. The smallest absolute Gasteiger partial charge is 0.233 e. The molecule has 1 aromatic carbocycles. The Hall–Kier alpha value is -1.62. The maximum absolute atomic E-state index is 11.9. The second-order valence-corrected chi connectivity index (χ2v) is 6.75. The summed E-state index contributed by atoms with van der Waals surface area (Å²) < 4.78 is 0.991. The van der Waals surface area contributed by atoms with Gasteiger partial charge in [-0.05, 0) is 62.8 Å². The van der Waals surface area contributed by atoms with Crippen LogP contribution in [0.3, 0.4) is 0 Å². The quantitative estimate of drug-likeness (QED) is 0.578. The molecule has 1 aromatic rings. The summed E-state index contributed by atoms with van der Waals surface area (Å²) in [6.07, 6.45) is 7.82. The molecule has 124 valence electrons. The van der Waals surface area contributed by atoms with Gasteiger partial charge in [0.2, 0.25) is 11.8 Å². The van der Waals surface area contributed by atoms with Crippen LogP contribution in [0.5, 0.6) is 0 Å². The summed E-state index contributed by atoms with van der Waals surface area (Å²) in [6, 6.07) is 5.56. The van der Waals surface area contributed by atoms with Crippen molar-refractivity contribution >= 4 is 33.4 Å². The van der Waals surface area contributed by atoms with Crippen molar-refractivity contribution in [2.75, 3.05) is 11.9 Å². The van der Waals surface area contributed by atoms with Crippen LogP contribution in [0.2, 0.25) is 0 Å². The van der Waals surface area contributed by atoms with Crippen molar-refractivity contribution < 1.29 is 9.59 Å². The molecule has 2 N–H and O–H groups in total. The number of halogens is 1. The van der Waals surface area contributed by atoms with Crippen molar-refractivity contribution in [3.05, 3.63) is 39.9 Å². The van der Waals surface area contributed by atoms with E-state index in [2.05, 4.69) is 32.6 Å². The third kappa shape index (κ3) is 6.18. The molecule has 0 spiro atoms. The number of carbonyl (C=O) groups is 2. The zero-order valence-electron chi connectivity index (χ0n) is 13.5. The number of allylic oxidation sites excluding steroid dienone is 1. The Bertz CT molecular complexity index is 611. The minimum Gasteiger partial charge on any atom is -0.355 e. The molecule has 0 heterocycles. The molecule has 0 aromatic heterocycles. The minimum atomic E-state index is -0.291. The molecule has 0 unspecified atom stereocenters. The first kappa shape index (κ1) is 17.7. The molecule has 0 saturated heterocycles. The maximum atomic E-state index is 11.9. The molecule has 0 saturated carbocycles. The lowest BCUT2D eigenvalue weighted by Crippen LogP contribution is -2.29. The van der Waals surface area contributed by atoms with Crippen LogP contribution in [0.4, 0.5) is 5.69 Å².